The summed E-state index contributed by atoms with van der Waals surface area (Å²) in [5.74, 6) is -0.240. The van der Waals surface area contributed by atoms with E-state index in [9.17, 15) is 4.39 Å². The fourth-order valence-electron chi connectivity index (χ4n) is 2.13. The summed E-state index contributed by atoms with van der Waals surface area (Å²) >= 11 is 0. The Hall–Kier alpha value is -1.94. The molecule has 2 aromatic rings. The normalized spacial score (nSPS) is 15.5. The minimum Gasteiger partial charge on any atom is -0.312 e. The van der Waals surface area contributed by atoms with Crippen LogP contribution >= 0.6 is 0 Å². The van der Waals surface area contributed by atoms with Crippen molar-refractivity contribution in [1.29, 1.82) is 0 Å². The Bertz CT molecular complexity index is 586. The molecule has 0 spiro atoms. The second kappa shape index (κ2) is 4.74. The molecule has 3 nitrogen and oxygen atoms in total. The zero-order chi connectivity index (χ0) is 12.4. The Morgan fingerprint density at radius 3 is 2.94 bits per heavy atom. The second-order valence-electron chi connectivity index (χ2n) is 4.37. The Labute approximate surface area is 105 Å². The van der Waals surface area contributed by atoms with Crippen LogP contribution in [0.3, 0.4) is 0 Å². The molecule has 0 aliphatic carbocycles. The molecule has 92 valence electrons. The molecule has 2 heterocycles. The summed E-state index contributed by atoms with van der Waals surface area (Å²) in [7, 11) is 0. The molecular weight excluding hydrogens is 229 g/mol. The van der Waals surface area contributed by atoms with Crippen LogP contribution in [-0.4, -0.2) is 23.3 Å². The van der Waals surface area contributed by atoms with Crippen molar-refractivity contribution in [1.82, 2.24) is 15.5 Å². The summed E-state index contributed by atoms with van der Waals surface area (Å²) in [4.78, 5) is 0. The van der Waals surface area contributed by atoms with Gasteiger partial charge in [0.05, 0.1) is 11.4 Å². The third kappa shape index (κ3) is 2.19. The molecule has 0 fully saturated rings. The van der Waals surface area contributed by atoms with Crippen molar-refractivity contribution in [3.8, 4) is 11.3 Å². The van der Waals surface area contributed by atoms with Crippen LogP contribution in [0.4, 0.5) is 4.39 Å². The maximum atomic E-state index is 13.2. The smallest absolute Gasteiger partial charge is 0.123 e. The van der Waals surface area contributed by atoms with Gasteiger partial charge in [-0.05, 0) is 36.7 Å². The van der Waals surface area contributed by atoms with E-state index in [2.05, 4.69) is 21.6 Å². The predicted octanol–water partition coefficient (Wildman–Crippen LogP) is 2.59. The average Bonchev–Trinajstić information content (AvgIpc) is 2.89. The van der Waals surface area contributed by atoms with E-state index >= 15 is 0 Å². The van der Waals surface area contributed by atoms with Crippen LogP contribution in [-0.2, 0) is 0 Å². The summed E-state index contributed by atoms with van der Waals surface area (Å²) in [6.45, 7) is 1.87. The molecule has 0 amide bonds. The molecule has 3 rings (SSSR count). The zero-order valence-electron chi connectivity index (χ0n) is 9.91. The first kappa shape index (κ1) is 11.2. The van der Waals surface area contributed by atoms with Crippen LogP contribution in [0.5, 0.6) is 0 Å². The van der Waals surface area contributed by atoms with Crippen LogP contribution in [0.1, 0.15) is 12.1 Å². The fourth-order valence-corrected chi connectivity index (χ4v) is 2.13. The first-order valence-electron chi connectivity index (χ1n) is 6.04. The molecule has 1 aliphatic rings. The lowest BCUT2D eigenvalue weighted by Crippen LogP contribution is -2.21. The van der Waals surface area contributed by atoms with Crippen molar-refractivity contribution < 1.29 is 4.39 Å². The van der Waals surface area contributed by atoms with Gasteiger partial charge in [-0.25, -0.2) is 4.39 Å². The Kier molecular flexibility index (Phi) is 2.94. The number of rotatable bonds is 2. The number of hydrogen-bond donors (Lipinski definition) is 2. The van der Waals surface area contributed by atoms with E-state index in [-0.39, 0.29) is 5.82 Å². The van der Waals surface area contributed by atoms with E-state index in [1.165, 1.54) is 17.7 Å². The lowest BCUT2D eigenvalue weighted by atomic mass is 10.1. The van der Waals surface area contributed by atoms with Crippen LogP contribution < -0.4 is 5.32 Å². The summed E-state index contributed by atoms with van der Waals surface area (Å²) in [5, 5.41) is 10.6. The number of hydrogen-bond acceptors (Lipinski definition) is 2. The fraction of sp³-hybridized carbons (Fsp3) is 0.214. The van der Waals surface area contributed by atoms with Gasteiger partial charge in [-0.15, -0.1) is 0 Å². The molecule has 4 heteroatoms. The van der Waals surface area contributed by atoms with Crippen LogP contribution in [0.15, 0.2) is 36.4 Å². The van der Waals surface area contributed by atoms with E-state index in [0.29, 0.717) is 0 Å². The number of aromatic amines is 1. The van der Waals surface area contributed by atoms with Gasteiger partial charge in [0.2, 0.25) is 0 Å². The van der Waals surface area contributed by atoms with Crippen molar-refractivity contribution in [2.45, 2.75) is 6.42 Å². The van der Waals surface area contributed by atoms with Gasteiger partial charge in [-0.3, -0.25) is 5.10 Å². The lowest BCUT2D eigenvalue weighted by Gasteiger charge is -2.11. The lowest BCUT2D eigenvalue weighted by molar-refractivity contribution is 0.628. The van der Waals surface area contributed by atoms with Gasteiger partial charge in [-0.2, -0.15) is 5.10 Å². The van der Waals surface area contributed by atoms with Crippen molar-refractivity contribution in [3.05, 3.63) is 47.9 Å². The predicted molar refractivity (Wildman–Crippen MR) is 69.4 cm³/mol. The molecule has 1 aromatic carbocycles. The summed E-state index contributed by atoms with van der Waals surface area (Å²) in [6.07, 6.45) is 3.24. The van der Waals surface area contributed by atoms with Crippen molar-refractivity contribution in [2.24, 2.45) is 0 Å². The molecule has 0 saturated carbocycles. The average molecular weight is 243 g/mol. The van der Waals surface area contributed by atoms with Gasteiger partial charge in [0, 0.05) is 12.1 Å². The van der Waals surface area contributed by atoms with Gasteiger partial charge in [-0.1, -0.05) is 18.2 Å². The highest BCUT2D eigenvalue weighted by Crippen LogP contribution is 2.22. The Morgan fingerprint density at radius 2 is 2.17 bits per heavy atom. The van der Waals surface area contributed by atoms with Crippen molar-refractivity contribution >= 4 is 5.57 Å². The molecule has 0 saturated heterocycles. The number of nitrogens with zero attached hydrogens (tertiary/aromatic N) is 1. The molecule has 1 aliphatic heterocycles. The van der Waals surface area contributed by atoms with Crippen LogP contribution in [0, 0.1) is 5.82 Å². The standard InChI is InChI=1S/C14H14FN3/c15-12-5-1-3-10(7-12)13-8-14(18-17-13)11-4-2-6-16-9-11/h1,3-5,7-8,16H,2,6,9H2,(H,17,18). The zero-order valence-corrected chi connectivity index (χ0v) is 9.91. The molecule has 1 aromatic heterocycles. The number of H-pyrrole nitrogens is 1. The van der Waals surface area contributed by atoms with Crippen LogP contribution in [0.25, 0.3) is 16.8 Å². The highest BCUT2D eigenvalue weighted by molar-refractivity contribution is 5.69. The summed E-state index contributed by atoms with van der Waals surface area (Å²) in [5.41, 5.74) is 3.79. The minimum absolute atomic E-state index is 0.240. The maximum absolute atomic E-state index is 13.2. The molecule has 18 heavy (non-hydrogen) atoms. The number of benzene rings is 1. The SMILES string of the molecule is Fc1cccc(-c2cc(C3=CCCNC3)[nH]n2)c1. The molecule has 0 bridgehead atoms. The quantitative estimate of drug-likeness (QED) is 0.851. The first-order valence-corrected chi connectivity index (χ1v) is 6.04. The van der Waals surface area contributed by atoms with Crippen molar-refractivity contribution in [2.75, 3.05) is 13.1 Å². The summed E-state index contributed by atoms with van der Waals surface area (Å²) < 4.78 is 13.2. The Balaban J connectivity index is 1.91. The van der Waals surface area contributed by atoms with Gasteiger partial charge < -0.3 is 5.32 Å². The van der Waals surface area contributed by atoms with Crippen LogP contribution in [0.2, 0.25) is 0 Å². The van der Waals surface area contributed by atoms with Crippen molar-refractivity contribution in [3.63, 3.8) is 0 Å². The highest BCUT2D eigenvalue weighted by Gasteiger charge is 2.10. The third-order valence-electron chi connectivity index (χ3n) is 3.07. The second-order valence-corrected chi connectivity index (χ2v) is 4.37. The van der Waals surface area contributed by atoms with E-state index in [4.69, 9.17) is 0 Å². The van der Waals surface area contributed by atoms with E-state index < -0.39 is 0 Å². The molecular formula is C14H14FN3. The largest absolute Gasteiger partial charge is 0.312 e. The minimum atomic E-state index is -0.240. The Morgan fingerprint density at radius 1 is 1.22 bits per heavy atom. The van der Waals surface area contributed by atoms with E-state index in [1.54, 1.807) is 6.07 Å². The van der Waals surface area contributed by atoms with E-state index in [0.717, 1.165) is 36.5 Å². The summed E-state index contributed by atoms with van der Waals surface area (Å²) in [6, 6.07) is 8.45. The monoisotopic (exact) mass is 243 g/mol. The molecule has 0 atom stereocenters. The topological polar surface area (TPSA) is 40.7 Å². The third-order valence-corrected chi connectivity index (χ3v) is 3.07. The molecule has 2 N–H and O–H groups in total. The van der Waals surface area contributed by atoms with E-state index in [1.807, 2.05) is 12.1 Å². The number of nitrogens with one attached hydrogen (secondary N) is 2. The van der Waals surface area contributed by atoms with Gasteiger partial charge in [0.15, 0.2) is 0 Å². The van der Waals surface area contributed by atoms with Gasteiger partial charge >= 0.3 is 0 Å². The first-order chi connectivity index (χ1) is 8.83. The van der Waals surface area contributed by atoms with Gasteiger partial charge in [0.25, 0.3) is 0 Å². The maximum Gasteiger partial charge on any atom is 0.123 e. The number of halogens is 1. The molecule has 0 radical (unpaired) electrons. The highest BCUT2D eigenvalue weighted by atomic mass is 19.1. The molecule has 0 unspecified atom stereocenters. The number of aromatic nitrogens is 2. The van der Waals surface area contributed by atoms with Gasteiger partial charge in [0.1, 0.15) is 5.82 Å².